The van der Waals surface area contributed by atoms with Crippen molar-refractivity contribution in [3.05, 3.63) is 29.3 Å². The van der Waals surface area contributed by atoms with Gasteiger partial charge in [-0.1, -0.05) is 13.8 Å². The van der Waals surface area contributed by atoms with E-state index in [2.05, 4.69) is 0 Å². The molecule has 1 unspecified atom stereocenters. The van der Waals surface area contributed by atoms with Gasteiger partial charge in [0, 0.05) is 18.8 Å². The van der Waals surface area contributed by atoms with Crippen LogP contribution in [0.4, 0.5) is 18.9 Å². The first kappa shape index (κ1) is 16.3. The van der Waals surface area contributed by atoms with Gasteiger partial charge in [0.25, 0.3) is 0 Å². The molecule has 1 N–H and O–H groups in total. The van der Waals surface area contributed by atoms with E-state index in [1.165, 1.54) is 17.0 Å². The molecule has 112 valence electrons. The molecule has 3 nitrogen and oxygen atoms in total. The van der Waals surface area contributed by atoms with Gasteiger partial charge in [0.05, 0.1) is 11.1 Å². The van der Waals surface area contributed by atoms with Crippen molar-refractivity contribution in [1.82, 2.24) is 0 Å². The molecule has 0 saturated heterocycles. The molecule has 20 heavy (non-hydrogen) atoms. The predicted octanol–water partition coefficient (Wildman–Crippen LogP) is 3.88. The molecule has 0 bridgehead atoms. The predicted molar refractivity (Wildman–Crippen MR) is 71.1 cm³/mol. The Morgan fingerprint density at radius 1 is 1.25 bits per heavy atom. The summed E-state index contributed by atoms with van der Waals surface area (Å²) in [6.07, 6.45) is -4.59. The summed E-state index contributed by atoms with van der Waals surface area (Å²) in [4.78, 5) is 12.3. The lowest BCUT2D eigenvalue weighted by atomic mass is 10.0. The lowest BCUT2D eigenvalue weighted by Crippen LogP contribution is -2.34. The van der Waals surface area contributed by atoms with Gasteiger partial charge in [-0.15, -0.1) is 0 Å². The lowest BCUT2D eigenvalue weighted by molar-refractivity contribution is -0.137. The molecule has 6 heteroatoms. The second-order valence-electron chi connectivity index (χ2n) is 5.13. The van der Waals surface area contributed by atoms with E-state index in [4.69, 9.17) is 5.11 Å². The van der Waals surface area contributed by atoms with Gasteiger partial charge >= 0.3 is 12.1 Å². The number of alkyl halides is 3. The highest BCUT2D eigenvalue weighted by Gasteiger charge is 2.36. The van der Waals surface area contributed by atoms with Crippen LogP contribution in [0.15, 0.2) is 18.2 Å². The van der Waals surface area contributed by atoms with Crippen LogP contribution < -0.4 is 4.90 Å². The molecular formula is C14H18F3NO2. The number of aromatic carboxylic acids is 1. The molecule has 0 amide bonds. The van der Waals surface area contributed by atoms with Crippen molar-refractivity contribution in [3.63, 3.8) is 0 Å². The van der Waals surface area contributed by atoms with Crippen LogP contribution in [0.25, 0.3) is 0 Å². The lowest BCUT2D eigenvalue weighted by Gasteiger charge is -2.32. The first-order valence-corrected chi connectivity index (χ1v) is 6.23. The normalized spacial score (nSPS) is 13.4. The number of carbonyl (C=O) groups is 1. The Hall–Kier alpha value is -1.72. The molecule has 1 aromatic carbocycles. The second-order valence-corrected chi connectivity index (χ2v) is 5.13. The number of benzene rings is 1. The van der Waals surface area contributed by atoms with Gasteiger partial charge in [0.2, 0.25) is 0 Å². The molecule has 0 spiro atoms. The molecule has 0 heterocycles. The number of carboxylic acids is 1. The van der Waals surface area contributed by atoms with E-state index in [0.29, 0.717) is 6.07 Å². The number of carboxylic acid groups (broad SMARTS) is 1. The zero-order valence-corrected chi connectivity index (χ0v) is 11.8. The van der Waals surface area contributed by atoms with Crippen LogP contribution in [0.3, 0.4) is 0 Å². The fourth-order valence-electron chi connectivity index (χ4n) is 1.87. The van der Waals surface area contributed by atoms with Crippen molar-refractivity contribution in [1.29, 1.82) is 0 Å². The molecule has 1 aromatic rings. The summed E-state index contributed by atoms with van der Waals surface area (Å²) in [6, 6.07) is 2.98. The van der Waals surface area contributed by atoms with Gasteiger partial charge < -0.3 is 10.0 Å². The molecular weight excluding hydrogens is 271 g/mol. The van der Waals surface area contributed by atoms with Crippen LogP contribution in [-0.4, -0.2) is 24.2 Å². The minimum Gasteiger partial charge on any atom is -0.478 e. The number of halogens is 3. The largest absolute Gasteiger partial charge is 0.478 e. The number of hydrogen-bond acceptors (Lipinski definition) is 2. The molecule has 0 aliphatic carbocycles. The SMILES string of the molecule is CC(C)C(C)N(C)c1ccc(C(=O)O)cc1C(F)(F)F. The Balaban J connectivity index is 3.36. The van der Waals surface area contributed by atoms with Gasteiger partial charge in [-0.2, -0.15) is 13.2 Å². The van der Waals surface area contributed by atoms with Crippen LogP contribution in [0.5, 0.6) is 0 Å². The molecule has 1 rings (SSSR count). The van der Waals surface area contributed by atoms with Crippen LogP contribution in [0.2, 0.25) is 0 Å². The monoisotopic (exact) mass is 289 g/mol. The third-order valence-electron chi connectivity index (χ3n) is 3.50. The van der Waals surface area contributed by atoms with Gasteiger partial charge in [0.15, 0.2) is 0 Å². The minimum absolute atomic E-state index is 0.0105. The minimum atomic E-state index is -4.59. The molecule has 0 radical (unpaired) electrons. The van der Waals surface area contributed by atoms with Crippen molar-refractivity contribution < 1.29 is 23.1 Å². The standard InChI is InChI=1S/C14H18F3NO2/c1-8(2)9(3)18(4)12-6-5-10(13(19)20)7-11(12)14(15,16)17/h5-9H,1-4H3,(H,19,20). The van der Waals surface area contributed by atoms with Gasteiger partial charge in [0.1, 0.15) is 0 Å². The summed E-state index contributed by atoms with van der Waals surface area (Å²) in [5, 5.41) is 8.82. The summed E-state index contributed by atoms with van der Waals surface area (Å²) in [5.74, 6) is -1.21. The fraction of sp³-hybridized carbons (Fsp3) is 0.500. The molecule has 1 atom stereocenters. The summed E-state index contributed by atoms with van der Waals surface area (Å²) in [6.45, 7) is 5.66. The average Bonchev–Trinajstić information content (AvgIpc) is 2.34. The first-order valence-electron chi connectivity index (χ1n) is 6.23. The summed E-state index contributed by atoms with van der Waals surface area (Å²) < 4.78 is 39.3. The number of hydrogen-bond donors (Lipinski definition) is 1. The highest BCUT2D eigenvalue weighted by Crippen LogP contribution is 2.38. The average molecular weight is 289 g/mol. The van der Waals surface area contributed by atoms with Gasteiger partial charge in [-0.3, -0.25) is 0 Å². The Labute approximate surface area is 116 Å². The topological polar surface area (TPSA) is 40.5 Å². The fourth-order valence-corrected chi connectivity index (χ4v) is 1.87. The molecule has 0 fully saturated rings. The Bertz CT molecular complexity index is 498. The first-order chi connectivity index (χ1) is 9.05. The van der Waals surface area contributed by atoms with E-state index in [0.717, 1.165) is 0 Å². The molecule has 0 aliphatic heterocycles. The maximum atomic E-state index is 13.1. The van der Waals surface area contributed by atoms with Crippen LogP contribution in [-0.2, 0) is 6.18 Å². The number of rotatable bonds is 4. The van der Waals surface area contributed by atoms with Gasteiger partial charge in [-0.05, 0) is 31.0 Å². The number of nitrogens with zero attached hydrogens (tertiary/aromatic N) is 1. The quantitative estimate of drug-likeness (QED) is 0.914. The third-order valence-corrected chi connectivity index (χ3v) is 3.50. The van der Waals surface area contributed by atoms with Crippen molar-refractivity contribution in [2.75, 3.05) is 11.9 Å². The van der Waals surface area contributed by atoms with E-state index < -0.39 is 17.7 Å². The summed E-state index contributed by atoms with van der Waals surface area (Å²) in [5.41, 5.74) is -1.30. The van der Waals surface area contributed by atoms with E-state index in [1.54, 1.807) is 7.05 Å². The van der Waals surface area contributed by atoms with Crippen LogP contribution in [0.1, 0.15) is 36.7 Å². The summed E-state index contributed by atoms with van der Waals surface area (Å²) in [7, 11) is 1.58. The molecule has 0 saturated carbocycles. The van der Waals surface area contributed by atoms with E-state index in [1.807, 2.05) is 20.8 Å². The van der Waals surface area contributed by atoms with Crippen molar-refractivity contribution in [3.8, 4) is 0 Å². The van der Waals surface area contributed by atoms with Crippen molar-refractivity contribution in [2.45, 2.75) is 33.0 Å². The smallest absolute Gasteiger partial charge is 0.418 e. The maximum absolute atomic E-state index is 13.1. The summed E-state index contributed by atoms with van der Waals surface area (Å²) >= 11 is 0. The van der Waals surface area contributed by atoms with E-state index in [9.17, 15) is 18.0 Å². The van der Waals surface area contributed by atoms with Crippen LogP contribution in [0, 0.1) is 5.92 Å². The Kier molecular flexibility index (Phi) is 4.68. The maximum Gasteiger partial charge on any atom is 0.418 e. The van der Waals surface area contributed by atoms with Gasteiger partial charge in [-0.25, -0.2) is 4.79 Å². The van der Waals surface area contributed by atoms with Crippen LogP contribution >= 0.6 is 0 Å². The molecule has 0 aliphatic rings. The zero-order chi connectivity index (χ0) is 15.7. The van der Waals surface area contributed by atoms with Crippen molar-refractivity contribution in [2.24, 2.45) is 5.92 Å². The Morgan fingerprint density at radius 3 is 2.20 bits per heavy atom. The second kappa shape index (κ2) is 5.73. The third kappa shape index (κ3) is 3.43. The highest BCUT2D eigenvalue weighted by atomic mass is 19.4. The number of anilines is 1. The zero-order valence-electron chi connectivity index (χ0n) is 11.8. The highest BCUT2D eigenvalue weighted by molar-refractivity contribution is 5.88. The van der Waals surface area contributed by atoms with E-state index in [-0.39, 0.29) is 23.2 Å². The molecule has 0 aromatic heterocycles. The Morgan fingerprint density at radius 2 is 1.80 bits per heavy atom. The van der Waals surface area contributed by atoms with Crippen molar-refractivity contribution >= 4 is 11.7 Å². The van der Waals surface area contributed by atoms with E-state index >= 15 is 0 Å².